The molecule has 0 spiro atoms. The largest absolute Gasteiger partial charge is 0.497 e. The van der Waals surface area contributed by atoms with Crippen molar-refractivity contribution in [1.29, 1.82) is 0 Å². The molecule has 2 aliphatic heterocycles. The van der Waals surface area contributed by atoms with Crippen LogP contribution in [0.25, 0.3) is 0 Å². The van der Waals surface area contributed by atoms with Crippen LogP contribution in [-0.2, 0) is 9.53 Å². The van der Waals surface area contributed by atoms with Gasteiger partial charge >= 0.3 is 12.0 Å². The minimum Gasteiger partial charge on any atom is -0.497 e. The Morgan fingerprint density at radius 2 is 1.65 bits per heavy atom. The summed E-state index contributed by atoms with van der Waals surface area (Å²) in [6, 6.07) is 11.2. The Labute approximate surface area is 234 Å². The Morgan fingerprint density at radius 3 is 2.25 bits per heavy atom. The molecule has 0 radical (unpaired) electrons. The molecule has 2 aromatic rings. The van der Waals surface area contributed by atoms with Gasteiger partial charge in [0.2, 0.25) is 0 Å². The maximum absolute atomic E-state index is 13.4. The summed E-state index contributed by atoms with van der Waals surface area (Å²) in [6.45, 7) is 4.41. The number of urea groups is 1. The number of hydrogen-bond donors (Lipinski definition) is 1. The molecule has 40 heavy (non-hydrogen) atoms. The average Bonchev–Trinajstić information content (AvgIpc) is 2.98. The predicted molar refractivity (Wildman–Crippen MR) is 148 cm³/mol. The highest BCUT2D eigenvalue weighted by atomic mass is 16.5. The summed E-state index contributed by atoms with van der Waals surface area (Å²) in [5.41, 5.74) is 2.04. The summed E-state index contributed by atoms with van der Waals surface area (Å²) in [5, 5.41) is 2.93. The molecule has 0 saturated carbocycles. The van der Waals surface area contributed by atoms with Gasteiger partial charge in [0.15, 0.2) is 11.5 Å². The van der Waals surface area contributed by atoms with E-state index in [2.05, 4.69) is 10.2 Å². The molecule has 1 atom stereocenters. The van der Waals surface area contributed by atoms with E-state index in [1.807, 2.05) is 0 Å². The van der Waals surface area contributed by atoms with Crippen LogP contribution in [0.3, 0.4) is 0 Å². The first-order valence-corrected chi connectivity index (χ1v) is 13.1. The highest BCUT2D eigenvalue weighted by Crippen LogP contribution is 2.40. The molecule has 0 bridgehead atoms. The Balaban J connectivity index is 1.60. The van der Waals surface area contributed by atoms with Gasteiger partial charge in [0.1, 0.15) is 5.75 Å². The highest BCUT2D eigenvalue weighted by molar-refractivity contribution is 5.96. The van der Waals surface area contributed by atoms with E-state index in [9.17, 15) is 14.4 Å². The molecule has 2 heterocycles. The van der Waals surface area contributed by atoms with E-state index in [-0.39, 0.29) is 18.5 Å². The van der Waals surface area contributed by atoms with Crippen LogP contribution in [-0.4, -0.2) is 100 Å². The van der Waals surface area contributed by atoms with Crippen LogP contribution in [0.5, 0.6) is 17.2 Å². The molecule has 2 aliphatic rings. The van der Waals surface area contributed by atoms with E-state index in [4.69, 9.17) is 18.9 Å². The van der Waals surface area contributed by atoms with Gasteiger partial charge in [-0.15, -0.1) is 0 Å². The van der Waals surface area contributed by atoms with Crippen LogP contribution < -0.4 is 19.5 Å². The van der Waals surface area contributed by atoms with Gasteiger partial charge in [0.25, 0.3) is 5.91 Å². The molecular formula is C29H36N4O7. The average molecular weight is 553 g/mol. The Morgan fingerprint density at radius 1 is 0.950 bits per heavy atom. The van der Waals surface area contributed by atoms with Crippen molar-refractivity contribution in [3.05, 3.63) is 64.9 Å². The molecule has 1 saturated heterocycles. The lowest BCUT2D eigenvalue weighted by atomic mass is 9.93. The number of rotatable bonds is 9. The number of benzene rings is 2. The molecule has 0 unspecified atom stereocenters. The van der Waals surface area contributed by atoms with Crippen LogP contribution >= 0.6 is 0 Å². The fourth-order valence-corrected chi connectivity index (χ4v) is 5.01. The summed E-state index contributed by atoms with van der Waals surface area (Å²) >= 11 is 0. The molecule has 214 valence electrons. The number of ether oxygens (including phenoxy) is 4. The van der Waals surface area contributed by atoms with Gasteiger partial charge in [-0.05, 0) is 37.3 Å². The fraction of sp³-hybridized carbons (Fsp3) is 0.414. The molecule has 3 amide bonds. The van der Waals surface area contributed by atoms with Crippen LogP contribution in [0.15, 0.2) is 53.7 Å². The third-order valence-electron chi connectivity index (χ3n) is 7.19. The molecule has 4 rings (SSSR count). The second kappa shape index (κ2) is 12.7. The maximum atomic E-state index is 13.4. The summed E-state index contributed by atoms with van der Waals surface area (Å²) in [4.78, 5) is 44.9. The third kappa shape index (κ3) is 5.84. The van der Waals surface area contributed by atoms with E-state index in [1.54, 1.807) is 68.4 Å². The first kappa shape index (κ1) is 28.8. The molecule has 1 fully saturated rings. The SMILES string of the molecule is CCOC(=O)C1=C(CN2CCN(C(=O)c3ccc(OC)cc3)CC2)N(C)C(=O)N[C@H]1c1cccc(OC)c1OC. The quantitative estimate of drug-likeness (QED) is 0.473. The zero-order chi connectivity index (χ0) is 28.8. The van der Waals surface area contributed by atoms with Crippen molar-refractivity contribution in [2.24, 2.45) is 0 Å². The van der Waals surface area contributed by atoms with Crippen molar-refractivity contribution in [3.8, 4) is 17.2 Å². The maximum Gasteiger partial charge on any atom is 0.338 e. The normalized spacial score (nSPS) is 17.8. The second-order valence-corrected chi connectivity index (χ2v) is 9.40. The van der Waals surface area contributed by atoms with Gasteiger partial charge in [0.05, 0.1) is 39.6 Å². The molecule has 11 heteroatoms. The fourth-order valence-electron chi connectivity index (χ4n) is 5.01. The molecule has 0 aromatic heterocycles. The number of methoxy groups -OCH3 is 3. The number of nitrogens with one attached hydrogen (secondary N) is 1. The number of carbonyl (C=O) groups excluding carboxylic acids is 3. The molecule has 2 aromatic carbocycles. The third-order valence-corrected chi connectivity index (χ3v) is 7.19. The zero-order valence-electron chi connectivity index (χ0n) is 23.6. The van der Waals surface area contributed by atoms with E-state index in [0.29, 0.717) is 72.4 Å². The second-order valence-electron chi connectivity index (χ2n) is 9.40. The highest BCUT2D eigenvalue weighted by Gasteiger charge is 2.39. The number of esters is 1. The summed E-state index contributed by atoms with van der Waals surface area (Å²) in [6.07, 6.45) is 0. The van der Waals surface area contributed by atoms with Crippen molar-refractivity contribution < 1.29 is 33.3 Å². The molecule has 0 aliphatic carbocycles. The van der Waals surface area contributed by atoms with Crippen molar-refractivity contribution in [1.82, 2.24) is 20.0 Å². The standard InChI is InChI=1S/C29H36N4O7/c1-6-40-28(35)24-22(31(2)29(36)30-25(24)21-8-7-9-23(38-4)26(21)39-5)18-32-14-16-33(17-15-32)27(34)19-10-12-20(37-3)13-11-19/h7-13,25H,6,14-18H2,1-5H3,(H,30,36)/t25-/m0/s1. The van der Waals surface area contributed by atoms with Gasteiger partial charge in [-0.2, -0.15) is 0 Å². The van der Waals surface area contributed by atoms with Crippen molar-refractivity contribution in [2.75, 3.05) is 67.7 Å². The molecule has 1 N–H and O–H groups in total. The smallest absolute Gasteiger partial charge is 0.338 e. The zero-order valence-corrected chi connectivity index (χ0v) is 23.6. The predicted octanol–water partition coefficient (Wildman–Crippen LogP) is 2.68. The van der Waals surface area contributed by atoms with Gasteiger partial charge in [-0.3, -0.25) is 14.6 Å². The lowest BCUT2D eigenvalue weighted by Crippen LogP contribution is -2.53. The summed E-state index contributed by atoms with van der Waals surface area (Å²) < 4.78 is 21.7. The van der Waals surface area contributed by atoms with Crippen molar-refractivity contribution in [2.45, 2.75) is 13.0 Å². The Kier molecular flexibility index (Phi) is 9.15. The van der Waals surface area contributed by atoms with E-state index >= 15 is 0 Å². The van der Waals surface area contributed by atoms with Crippen LogP contribution in [0.1, 0.15) is 28.9 Å². The minimum absolute atomic E-state index is 0.0481. The summed E-state index contributed by atoms with van der Waals surface area (Å²) in [7, 11) is 6.26. The van der Waals surface area contributed by atoms with Gasteiger partial charge in [-0.1, -0.05) is 12.1 Å². The van der Waals surface area contributed by atoms with Crippen molar-refractivity contribution >= 4 is 17.9 Å². The van der Waals surface area contributed by atoms with Gasteiger partial charge in [0, 0.05) is 56.6 Å². The van der Waals surface area contributed by atoms with Gasteiger partial charge in [-0.25, -0.2) is 9.59 Å². The summed E-state index contributed by atoms with van der Waals surface area (Å²) in [5.74, 6) is 1.03. The van der Waals surface area contributed by atoms with E-state index in [1.165, 1.54) is 19.1 Å². The number of para-hydroxylation sites is 1. The van der Waals surface area contributed by atoms with Crippen LogP contribution in [0.4, 0.5) is 4.79 Å². The minimum atomic E-state index is -0.805. The first-order chi connectivity index (χ1) is 19.3. The van der Waals surface area contributed by atoms with Crippen LogP contribution in [0, 0.1) is 0 Å². The number of likely N-dealkylation sites (N-methyl/N-ethyl adjacent to an activating group) is 1. The number of piperazine rings is 1. The lowest BCUT2D eigenvalue weighted by molar-refractivity contribution is -0.139. The van der Waals surface area contributed by atoms with Crippen LogP contribution in [0.2, 0.25) is 0 Å². The molecule has 11 nitrogen and oxygen atoms in total. The Hall–Kier alpha value is -4.25. The Bertz CT molecular complexity index is 1270. The lowest BCUT2D eigenvalue weighted by Gasteiger charge is -2.39. The van der Waals surface area contributed by atoms with Crippen molar-refractivity contribution in [3.63, 3.8) is 0 Å². The van der Waals surface area contributed by atoms with Gasteiger partial charge < -0.3 is 29.2 Å². The monoisotopic (exact) mass is 552 g/mol. The molecular weight excluding hydrogens is 516 g/mol. The first-order valence-electron chi connectivity index (χ1n) is 13.1. The van der Waals surface area contributed by atoms with E-state index in [0.717, 1.165) is 0 Å². The number of hydrogen-bond acceptors (Lipinski definition) is 8. The van der Waals surface area contributed by atoms with E-state index < -0.39 is 12.0 Å². The number of nitrogens with zero attached hydrogens (tertiary/aromatic N) is 3. The number of amides is 3. The topological polar surface area (TPSA) is 110 Å². The number of carbonyl (C=O) groups is 3.